The fraction of sp³-hybridized carbons (Fsp3) is 0.467. The number of hydrogen-bond donors (Lipinski definition) is 2. The Morgan fingerprint density at radius 2 is 2.05 bits per heavy atom. The summed E-state index contributed by atoms with van der Waals surface area (Å²) in [6.45, 7) is 1.30. The molecule has 1 amide bonds. The van der Waals surface area contributed by atoms with E-state index in [1.54, 1.807) is 0 Å². The lowest BCUT2D eigenvalue weighted by Gasteiger charge is -2.32. The van der Waals surface area contributed by atoms with Crippen molar-refractivity contribution < 1.29 is 14.7 Å². The fourth-order valence-corrected chi connectivity index (χ4v) is 2.72. The Labute approximate surface area is 117 Å². The second-order valence-electron chi connectivity index (χ2n) is 5.60. The van der Waals surface area contributed by atoms with E-state index in [0.717, 1.165) is 24.0 Å². The van der Waals surface area contributed by atoms with Crippen molar-refractivity contribution in [2.45, 2.75) is 31.3 Å². The zero-order valence-electron chi connectivity index (χ0n) is 11.2. The molecule has 1 heterocycles. The normalized spacial score (nSPS) is 22.1. The number of carbonyl (C=O) groups excluding carboxylic acids is 1. The Bertz CT molecular complexity index is 540. The van der Waals surface area contributed by atoms with Crippen molar-refractivity contribution in [2.75, 3.05) is 13.1 Å². The molecular formula is C15H18N2O3. The van der Waals surface area contributed by atoms with Crippen LogP contribution in [0.15, 0.2) is 24.3 Å². The maximum atomic E-state index is 11.8. The van der Waals surface area contributed by atoms with Gasteiger partial charge in [0.15, 0.2) is 0 Å². The predicted molar refractivity (Wildman–Crippen MR) is 73.3 cm³/mol. The highest BCUT2D eigenvalue weighted by Gasteiger charge is 2.31. The fourth-order valence-electron chi connectivity index (χ4n) is 2.72. The molecule has 2 N–H and O–H groups in total. The van der Waals surface area contributed by atoms with Crippen LogP contribution in [0.3, 0.4) is 0 Å². The number of carbonyl (C=O) groups is 2. The summed E-state index contributed by atoms with van der Waals surface area (Å²) in [5, 5.41) is 12.3. The first-order valence-corrected chi connectivity index (χ1v) is 6.96. The number of carboxylic acids is 1. The van der Waals surface area contributed by atoms with E-state index in [0.29, 0.717) is 19.1 Å². The number of hydrogen-bond acceptors (Lipinski definition) is 3. The average Bonchev–Trinajstić information content (AvgIpc) is 3.21. The number of carboxylic acid groups (broad SMARTS) is 1. The van der Waals surface area contributed by atoms with Crippen LogP contribution in [0, 0.1) is 0 Å². The van der Waals surface area contributed by atoms with Gasteiger partial charge in [-0.1, -0.05) is 24.3 Å². The van der Waals surface area contributed by atoms with Crippen molar-refractivity contribution >= 4 is 11.9 Å². The van der Waals surface area contributed by atoms with E-state index in [-0.39, 0.29) is 12.5 Å². The van der Waals surface area contributed by atoms with Crippen LogP contribution in [0.25, 0.3) is 0 Å². The molecule has 0 aromatic heterocycles. The van der Waals surface area contributed by atoms with Crippen LogP contribution in [-0.2, 0) is 16.1 Å². The Hall–Kier alpha value is -1.88. The third-order valence-corrected chi connectivity index (χ3v) is 3.87. The molecule has 106 valence electrons. The van der Waals surface area contributed by atoms with Gasteiger partial charge in [0.05, 0.1) is 12.5 Å². The molecule has 0 spiro atoms. The average molecular weight is 274 g/mol. The molecule has 0 saturated heterocycles. The predicted octanol–water partition coefficient (Wildman–Crippen LogP) is 0.949. The molecule has 1 saturated carbocycles. The zero-order chi connectivity index (χ0) is 14.1. The molecular weight excluding hydrogens is 256 g/mol. The topological polar surface area (TPSA) is 69.6 Å². The minimum atomic E-state index is -0.829. The number of nitrogens with zero attached hydrogens (tertiary/aromatic N) is 1. The van der Waals surface area contributed by atoms with Gasteiger partial charge in [0.25, 0.3) is 0 Å². The van der Waals surface area contributed by atoms with Crippen molar-refractivity contribution in [3.8, 4) is 0 Å². The molecule has 0 radical (unpaired) electrons. The molecule has 5 nitrogen and oxygen atoms in total. The highest BCUT2D eigenvalue weighted by atomic mass is 16.4. The lowest BCUT2D eigenvalue weighted by atomic mass is 9.90. The summed E-state index contributed by atoms with van der Waals surface area (Å²) in [5.41, 5.74) is 1.88. The van der Waals surface area contributed by atoms with Crippen LogP contribution >= 0.6 is 0 Å². The minimum Gasteiger partial charge on any atom is -0.481 e. The van der Waals surface area contributed by atoms with Crippen molar-refractivity contribution in [1.29, 1.82) is 0 Å². The van der Waals surface area contributed by atoms with Gasteiger partial charge in [-0.05, 0) is 24.0 Å². The van der Waals surface area contributed by atoms with Gasteiger partial charge in [-0.3, -0.25) is 14.5 Å². The van der Waals surface area contributed by atoms with Gasteiger partial charge < -0.3 is 10.4 Å². The zero-order valence-corrected chi connectivity index (χ0v) is 11.2. The maximum Gasteiger partial charge on any atom is 0.312 e. The molecule has 0 bridgehead atoms. The largest absolute Gasteiger partial charge is 0.481 e. The van der Waals surface area contributed by atoms with E-state index in [4.69, 9.17) is 0 Å². The number of benzene rings is 1. The standard InChI is InChI=1S/C15H18N2O3/c18-14(16-11-5-6-11)9-17-7-10-3-1-2-4-12(10)13(8-17)15(19)20/h1-4,11,13H,5-9H2,(H,16,18)(H,19,20). The summed E-state index contributed by atoms with van der Waals surface area (Å²) in [7, 11) is 0. The summed E-state index contributed by atoms with van der Waals surface area (Å²) in [5.74, 6) is -1.38. The highest BCUT2D eigenvalue weighted by Crippen LogP contribution is 2.28. The molecule has 1 unspecified atom stereocenters. The van der Waals surface area contributed by atoms with E-state index in [2.05, 4.69) is 5.32 Å². The number of rotatable bonds is 4. The van der Waals surface area contributed by atoms with Crippen molar-refractivity contribution in [2.24, 2.45) is 0 Å². The highest BCUT2D eigenvalue weighted by molar-refractivity contribution is 5.80. The smallest absolute Gasteiger partial charge is 0.312 e. The Morgan fingerprint density at radius 1 is 1.30 bits per heavy atom. The van der Waals surface area contributed by atoms with Gasteiger partial charge in [-0.25, -0.2) is 0 Å². The molecule has 5 heteroatoms. The SMILES string of the molecule is O=C(CN1Cc2ccccc2C(C(=O)O)C1)NC1CC1. The van der Waals surface area contributed by atoms with Gasteiger partial charge >= 0.3 is 5.97 Å². The van der Waals surface area contributed by atoms with Gasteiger partial charge in [0.2, 0.25) is 5.91 Å². The first-order chi connectivity index (χ1) is 9.63. The van der Waals surface area contributed by atoms with E-state index >= 15 is 0 Å². The monoisotopic (exact) mass is 274 g/mol. The molecule has 1 fully saturated rings. The molecule has 2 aliphatic rings. The second kappa shape index (κ2) is 5.25. The number of aliphatic carboxylic acids is 1. The number of nitrogens with one attached hydrogen (secondary N) is 1. The van der Waals surface area contributed by atoms with E-state index in [1.807, 2.05) is 29.2 Å². The molecule has 1 aliphatic carbocycles. The number of fused-ring (bicyclic) bond motifs is 1. The van der Waals surface area contributed by atoms with Crippen LogP contribution in [-0.4, -0.2) is 41.0 Å². The molecule has 1 atom stereocenters. The van der Waals surface area contributed by atoms with Crippen LogP contribution in [0.1, 0.15) is 29.9 Å². The van der Waals surface area contributed by atoms with Gasteiger partial charge in [-0.15, -0.1) is 0 Å². The lowest BCUT2D eigenvalue weighted by molar-refractivity contribution is -0.140. The van der Waals surface area contributed by atoms with E-state index < -0.39 is 11.9 Å². The van der Waals surface area contributed by atoms with E-state index in [1.165, 1.54) is 0 Å². The van der Waals surface area contributed by atoms with Gasteiger partial charge in [0.1, 0.15) is 0 Å². The minimum absolute atomic E-state index is 0.00369. The Balaban J connectivity index is 1.72. The molecule has 1 aromatic carbocycles. The molecule has 3 rings (SSSR count). The summed E-state index contributed by atoms with van der Waals surface area (Å²) in [6.07, 6.45) is 2.12. The van der Waals surface area contributed by atoms with E-state index in [9.17, 15) is 14.7 Å². The first-order valence-electron chi connectivity index (χ1n) is 6.96. The first kappa shape index (κ1) is 13.1. The third-order valence-electron chi connectivity index (χ3n) is 3.87. The quantitative estimate of drug-likeness (QED) is 0.857. The van der Waals surface area contributed by atoms with Crippen molar-refractivity contribution in [3.05, 3.63) is 35.4 Å². The maximum absolute atomic E-state index is 11.8. The summed E-state index contributed by atoms with van der Waals surface area (Å²) in [4.78, 5) is 25.2. The summed E-state index contributed by atoms with van der Waals surface area (Å²) in [6, 6.07) is 7.93. The number of amides is 1. The Morgan fingerprint density at radius 3 is 2.75 bits per heavy atom. The third kappa shape index (κ3) is 2.82. The lowest BCUT2D eigenvalue weighted by Crippen LogP contribution is -2.43. The summed E-state index contributed by atoms with van der Waals surface area (Å²) >= 11 is 0. The summed E-state index contributed by atoms with van der Waals surface area (Å²) < 4.78 is 0. The van der Waals surface area contributed by atoms with Crippen molar-refractivity contribution in [3.63, 3.8) is 0 Å². The Kier molecular flexibility index (Phi) is 3.44. The van der Waals surface area contributed by atoms with Crippen LogP contribution in [0.4, 0.5) is 0 Å². The van der Waals surface area contributed by atoms with Crippen LogP contribution in [0.5, 0.6) is 0 Å². The second-order valence-corrected chi connectivity index (χ2v) is 5.60. The molecule has 20 heavy (non-hydrogen) atoms. The molecule has 1 aromatic rings. The van der Waals surface area contributed by atoms with Crippen LogP contribution < -0.4 is 5.32 Å². The van der Waals surface area contributed by atoms with Gasteiger partial charge in [-0.2, -0.15) is 0 Å². The van der Waals surface area contributed by atoms with Crippen LogP contribution in [0.2, 0.25) is 0 Å². The van der Waals surface area contributed by atoms with Gasteiger partial charge in [0, 0.05) is 19.1 Å². The molecule has 1 aliphatic heterocycles. The van der Waals surface area contributed by atoms with Crippen molar-refractivity contribution in [1.82, 2.24) is 10.2 Å².